The van der Waals surface area contributed by atoms with Crippen molar-refractivity contribution in [3.8, 4) is 17.2 Å². The van der Waals surface area contributed by atoms with E-state index in [1.807, 2.05) is 18.2 Å². The summed E-state index contributed by atoms with van der Waals surface area (Å²) in [5.74, 6) is 0.193. The van der Waals surface area contributed by atoms with E-state index in [-0.39, 0.29) is 36.7 Å². The maximum atomic E-state index is 13.9. The Labute approximate surface area is 249 Å². The molecule has 0 unspecified atom stereocenters. The molecule has 0 fully saturated rings. The van der Waals surface area contributed by atoms with Gasteiger partial charge in [-0.05, 0) is 73.0 Å². The normalized spacial score (nSPS) is 15.6. The second-order valence-corrected chi connectivity index (χ2v) is 10.8. The number of esters is 1. The van der Waals surface area contributed by atoms with E-state index in [4.69, 9.17) is 18.9 Å². The summed E-state index contributed by atoms with van der Waals surface area (Å²) in [5, 5.41) is 9.19. The van der Waals surface area contributed by atoms with E-state index in [0.29, 0.717) is 37.8 Å². The fourth-order valence-electron chi connectivity index (χ4n) is 4.96. The number of carboxylic acids is 1. The molecule has 2 aliphatic heterocycles. The highest BCUT2D eigenvalue weighted by Gasteiger charge is 2.34. The number of aromatic nitrogens is 1. The molecule has 11 heteroatoms. The molecule has 0 radical (unpaired) electrons. The Morgan fingerprint density at radius 1 is 1.09 bits per heavy atom. The van der Waals surface area contributed by atoms with Crippen molar-refractivity contribution < 1.29 is 33.6 Å². The molecule has 3 aromatic carbocycles. The molecule has 1 aromatic heterocycles. The third-order valence-corrected chi connectivity index (χ3v) is 7.97. The van der Waals surface area contributed by atoms with Gasteiger partial charge in [-0.15, -0.1) is 0 Å². The molecule has 4 aromatic rings. The monoisotopic (exact) mass is 598 g/mol. The number of carbonyl (C=O) groups is 2. The Hall–Kier alpha value is -5.16. The summed E-state index contributed by atoms with van der Waals surface area (Å²) < 4.78 is 24.2. The number of aromatic carboxylic acids is 1. The van der Waals surface area contributed by atoms with Crippen LogP contribution in [0.25, 0.3) is 6.08 Å². The average Bonchev–Trinajstić information content (AvgIpc) is 3.59. The summed E-state index contributed by atoms with van der Waals surface area (Å²) in [6.45, 7) is 3.96. The van der Waals surface area contributed by atoms with Gasteiger partial charge >= 0.3 is 11.9 Å². The molecule has 0 saturated heterocycles. The summed E-state index contributed by atoms with van der Waals surface area (Å²) in [6.07, 6.45) is 1.77. The number of carbonyl (C=O) groups excluding carboxylic acids is 1. The van der Waals surface area contributed by atoms with Gasteiger partial charge in [0.15, 0.2) is 16.3 Å². The molecule has 1 atom stereocenters. The Balaban J connectivity index is 1.32. The maximum Gasteiger partial charge on any atom is 0.338 e. The van der Waals surface area contributed by atoms with Crippen LogP contribution in [0.1, 0.15) is 46.9 Å². The highest BCUT2D eigenvalue weighted by atomic mass is 32.1. The van der Waals surface area contributed by atoms with Gasteiger partial charge in [-0.2, -0.15) is 0 Å². The zero-order valence-corrected chi connectivity index (χ0v) is 24.1. The Kier molecular flexibility index (Phi) is 7.56. The molecule has 1 N–H and O–H groups in total. The molecule has 218 valence electrons. The van der Waals surface area contributed by atoms with E-state index in [1.54, 1.807) is 62.4 Å². The average molecular weight is 599 g/mol. The van der Waals surface area contributed by atoms with Crippen molar-refractivity contribution in [1.82, 2.24) is 4.57 Å². The quantitative estimate of drug-likeness (QED) is 0.304. The van der Waals surface area contributed by atoms with Crippen molar-refractivity contribution in [2.75, 3.05) is 13.4 Å². The number of ether oxygens (including phenoxy) is 4. The van der Waals surface area contributed by atoms with Crippen molar-refractivity contribution in [3.63, 3.8) is 0 Å². The lowest BCUT2D eigenvalue weighted by Gasteiger charge is -2.24. The summed E-state index contributed by atoms with van der Waals surface area (Å²) in [7, 11) is 0. The number of carboxylic acid groups (broad SMARTS) is 1. The van der Waals surface area contributed by atoms with Gasteiger partial charge in [0.1, 0.15) is 12.4 Å². The summed E-state index contributed by atoms with van der Waals surface area (Å²) in [4.78, 5) is 43.3. The van der Waals surface area contributed by atoms with Gasteiger partial charge in [0, 0.05) is 0 Å². The molecule has 2 aliphatic rings. The minimum atomic E-state index is -0.994. The number of hydrogen-bond donors (Lipinski definition) is 1. The molecule has 0 bridgehead atoms. The first kappa shape index (κ1) is 28.0. The van der Waals surface area contributed by atoms with Gasteiger partial charge in [-0.25, -0.2) is 14.6 Å². The lowest BCUT2D eigenvalue weighted by atomic mass is 9.95. The largest absolute Gasteiger partial charge is 0.489 e. The van der Waals surface area contributed by atoms with E-state index in [0.717, 1.165) is 11.1 Å². The fraction of sp³-hybridized carbons (Fsp3) is 0.188. The number of thiazole rings is 1. The van der Waals surface area contributed by atoms with Crippen LogP contribution in [0.4, 0.5) is 0 Å². The predicted octanol–water partition coefficient (Wildman–Crippen LogP) is 3.80. The van der Waals surface area contributed by atoms with Crippen LogP contribution < -0.4 is 29.1 Å². The number of allylic oxidation sites excluding steroid dienone is 1. The van der Waals surface area contributed by atoms with Crippen LogP contribution in [-0.2, 0) is 16.1 Å². The van der Waals surface area contributed by atoms with E-state index >= 15 is 0 Å². The SMILES string of the molecule is CCOC(=O)C1=C(C)N=c2s/c(=C\c3ccc(OCc4cccc(C(=O)O)c4)cc3)c(=O)n2[C@H]1c1ccc2c(c1)OCO2. The van der Waals surface area contributed by atoms with Crippen molar-refractivity contribution in [3.05, 3.63) is 120 Å². The van der Waals surface area contributed by atoms with Gasteiger partial charge in [0.05, 0.1) is 34.0 Å². The first-order valence-corrected chi connectivity index (χ1v) is 14.3. The first-order valence-electron chi connectivity index (χ1n) is 13.5. The molecule has 0 aliphatic carbocycles. The zero-order valence-electron chi connectivity index (χ0n) is 23.2. The molecule has 3 heterocycles. The predicted molar refractivity (Wildman–Crippen MR) is 157 cm³/mol. The second kappa shape index (κ2) is 11.6. The van der Waals surface area contributed by atoms with Crippen LogP contribution in [0.2, 0.25) is 0 Å². The second-order valence-electron chi connectivity index (χ2n) is 9.78. The Bertz CT molecular complexity index is 1960. The standard InChI is InChI=1S/C32H26N2O8S/c1-3-39-31(38)27-18(2)33-32-34(28(27)21-9-12-24-25(15-21)42-17-41-24)29(35)26(43-32)14-19-7-10-23(11-8-19)40-16-20-5-4-6-22(13-20)30(36)37/h4-15,28H,3,16-17H2,1-2H3,(H,36,37)/b26-14-/t28-/m0/s1. The van der Waals surface area contributed by atoms with Crippen molar-refractivity contribution in [2.45, 2.75) is 26.5 Å². The number of fused-ring (bicyclic) bond motifs is 2. The van der Waals surface area contributed by atoms with Crippen LogP contribution in [0.15, 0.2) is 87.8 Å². The van der Waals surface area contributed by atoms with Crippen LogP contribution in [0.3, 0.4) is 0 Å². The van der Waals surface area contributed by atoms with Gasteiger partial charge in [0.25, 0.3) is 5.56 Å². The zero-order chi connectivity index (χ0) is 30.1. The molecule has 0 saturated carbocycles. The van der Waals surface area contributed by atoms with E-state index in [9.17, 15) is 19.5 Å². The lowest BCUT2D eigenvalue weighted by molar-refractivity contribution is -0.139. The van der Waals surface area contributed by atoms with Crippen LogP contribution in [0, 0.1) is 0 Å². The van der Waals surface area contributed by atoms with Crippen LogP contribution in [-0.4, -0.2) is 35.0 Å². The van der Waals surface area contributed by atoms with E-state index < -0.39 is 18.0 Å². The highest BCUT2D eigenvalue weighted by molar-refractivity contribution is 7.07. The maximum absolute atomic E-state index is 13.9. The summed E-state index contributed by atoms with van der Waals surface area (Å²) in [5.41, 5.74) is 2.85. The number of hydrogen-bond acceptors (Lipinski definition) is 9. The molecule has 0 spiro atoms. The molecular weight excluding hydrogens is 572 g/mol. The minimum absolute atomic E-state index is 0.100. The molecule has 6 rings (SSSR count). The highest BCUT2D eigenvalue weighted by Crippen LogP contribution is 2.38. The van der Waals surface area contributed by atoms with Crippen molar-refractivity contribution in [1.29, 1.82) is 0 Å². The smallest absolute Gasteiger partial charge is 0.338 e. The Morgan fingerprint density at radius 3 is 2.65 bits per heavy atom. The van der Waals surface area contributed by atoms with Crippen LogP contribution in [0.5, 0.6) is 17.2 Å². The van der Waals surface area contributed by atoms with E-state index in [2.05, 4.69) is 4.99 Å². The third-order valence-electron chi connectivity index (χ3n) is 6.99. The third kappa shape index (κ3) is 5.54. The number of rotatable bonds is 8. The van der Waals surface area contributed by atoms with Gasteiger partial charge in [0.2, 0.25) is 6.79 Å². The first-order chi connectivity index (χ1) is 20.8. The van der Waals surface area contributed by atoms with Crippen molar-refractivity contribution >= 4 is 29.4 Å². The minimum Gasteiger partial charge on any atom is -0.489 e. The fourth-order valence-corrected chi connectivity index (χ4v) is 6.01. The molecular formula is C32H26N2O8S. The Morgan fingerprint density at radius 2 is 1.88 bits per heavy atom. The molecule has 0 amide bonds. The summed E-state index contributed by atoms with van der Waals surface area (Å²) >= 11 is 1.23. The van der Waals surface area contributed by atoms with Gasteiger partial charge in [-0.1, -0.05) is 41.7 Å². The van der Waals surface area contributed by atoms with Crippen molar-refractivity contribution in [2.24, 2.45) is 4.99 Å². The number of nitrogens with zero attached hydrogens (tertiary/aromatic N) is 2. The van der Waals surface area contributed by atoms with Crippen LogP contribution >= 0.6 is 11.3 Å². The molecule has 43 heavy (non-hydrogen) atoms. The van der Waals surface area contributed by atoms with Gasteiger partial charge < -0.3 is 24.1 Å². The van der Waals surface area contributed by atoms with E-state index in [1.165, 1.54) is 22.0 Å². The lowest BCUT2D eigenvalue weighted by Crippen LogP contribution is -2.39. The topological polar surface area (TPSA) is 126 Å². The van der Waals surface area contributed by atoms with Gasteiger partial charge in [-0.3, -0.25) is 9.36 Å². The molecule has 10 nitrogen and oxygen atoms in total. The summed E-state index contributed by atoms with van der Waals surface area (Å²) in [6, 6.07) is 18.4. The number of benzene rings is 3.